The summed E-state index contributed by atoms with van der Waals surface area (Å²) in [5.41, 5.74) is 12.3. The van der Waals surface area contributed by atoms with Gasteiger partial charge < -0.3 is 5.73 Å². The van der Waals surface area contributed by atoms with Gasteiger partial charge in [-0.2, -0.15) is 0 Å². The highest BCUT2D eigenvalue weighted by molar-refractivity contribution is 7.89. The van der Waals surface area contributed by atoms with Crippen LogP contribution >= 0.6 is 0 Å². The summed E-state index contributed by atoms with van der Waals surface area (Å²) in [5.74, 6) is -0.241. The molecule has 0 aromatic rings. The smallest absolute Gasteiger partial charge is 0.209 e. The van der Waals surface area contributed by atoms with E-state index in [4.69, 9.17) is 21.5 Å². The largest absolute Gasteiger partial charge is 0.330 e. The molecule has 0 radical (unpaired) electrons. The van der Waals surface area contributed by atoms with Gasteiger partial charge in [-0.25, -0.2) is 27.1 Å². The van der Waals surface area contributed by atoms with Gasteiger partial charge in [0.15, 0.2) is 0 Å². The van der Waals surface area contributed by atoms with Crippen LogP contribution in [0.3, 0.4) is 0 Å². The molecule has 0 aliphatic heterocycles. The Balaban J connectivity index is 0. The summed E-state index contributed by atoms with van der Waals surface area (Å²) in [6.07, 6.45) is 0. The Morgan fingerprint density at radius 2 is 1.32 bits per heavy atom. The van der Waals surface area contributed by atoms with Crippen molar-refractivity contribution in [3.63, 3.8) is 0 Å². The van der Waals surface area contributed by atoms with Crippen LogP contribution in [0, 0.1) is 10.8 Å². The van der Waals surface area contributed by atoms with Crippen molar-refractivity contribution in [2.75, 3.05) is 24.6 Å². The molecule has 132 valence electrons. The van der Waals surface area contributed by atoms with Crippen LogP contribution < -0.4 is 16.0 Å². The zero-order valence-electron chi connectivity index (χ0n) is 13.4. The minimum absolute atomic E-state index is 0.0590. The average Bonchev–Trinajstić information content (AvgIpc) is 2.21. The van der Waals surface area contributed by atoms with Crippen LogP contribution in [0.4, 0.5) is 0 Å². The highest BCUT2D eigenvalue weighted by Gasteiger charge is 2.23. The molecule has 0 heterocycles. The monoisotopic (exact) mass is 358 g/mol. The molecule has 0 aliphatic rings. The highest BCUT2D eigenvalue weighted by Crippen LogP contribution is 2.17. The first kappa shape index (κ1) is 23.4. The predicted molar refractivity (Wildman–Crippen MR) is 86.6 cm³/mol. The van der Waals surface area contributed by atoms with Gasteiger partial charge in [0.05, 0.1) is 11.5 Å². The number of hydrogen-bond donors (Lipinski definition) is 3. The number of rotatable bonds is 7. The lowest BCUT2D eigenvalue weighted by molar-refractivity contribution is 0.424. The molecule has 0 saturated carbocycles. The van der Waals surface area contributed by atoms with Crippen molar-refractivity contribution in [2.45, 2.75) is 27.7 Å². The molecule has 0 unspecified atom stereocenters. The number of nitrogens with zero attached hydrogens (tertiary/aromatic N) is 3. The topological polar surface area (TPSA) is 195 Å². The third-order valence-corrected chi connectivity index (χ3v) is 4.67. The second-order valence-electron chi connectivity index (χ2n) is 6.54. The van der Waals surface area contributed by atoms with Crippen LogP contribution in [0.1, 0.15) is 27.7 Å². The van der Waals surface area contributed by atoms with E-state index in [0.29, 0.717) is 6.54 Å². The van der Waals surface area contributed by atoms with Gasteiger partial charge in [-0.3, -0.25) is 0 Å². The van der Waals surface area contributed by atoms with E-state index in [-0.39, 0.29) is 18.1 Å². The molecule has 0 fully saturated rings. The van der Waals surface area contributed by atoms with E-state index >= 15 is 0 Å². The standard InChI is InChI=1S/C5H12N4O2S.C5H14N2O2S/c1-5(2,3-8-9-6)4-12(7,10)11;1-5(2,3-6)4-10(7,8)9/h3-4H2,1-2H3,(H2,7,10,11);3-4,6H2,1-2H3,(H2,7,8,9). The Morgan fingerprint density at radius 1 is 0.955 bits per heavy atom. The lowest BCUT2D eigenvalue weighted by atomic mass is 9.97. The van der Waals surface area contributed by atoms with Crippen molar-refractivity contribution in [2.24, 2.45) is 32.0 Å². The van der Waals surface area contributed by atoms with Crippen molar-refractivity contribution < 1.29 is 16.8 Å². The van der Waals surface area contributed by atoms with E-state index in [9.17, 15) is 16.8 Å². The first-order valence-corrected chi connectivity index (χ1v) is 9.68. The van der Waals surface area contributed by atoms with Crippen molar-refractivity contribution in [3.8, 4) is 0 Å². The quantitative estimate of drug-likeness (QED) is 0.323. The van der Waals surface area contributed by atoms with Crippen molar-refractivity contribution in [1.82, 2.24) is 0 Å². The van der Waals surface area contributed by atoms with E-state index < -0.39 is 30.9 Å². The Morgan fingerprint density at radius 3 is 1.55 bits per heavy atom. The Labute approximate surface area is 132 Å². The SMILES string of the molecule is CC(C)(CN)CS(N)(=O)=O.CC(C)(CN=[N+]=[N-])CS(N)(=O)=O. The van der Waals surface area contributed by atoms with Gasteiger partial charge in [-0.05, 0) is 22.9 Å². The molecule has 22 heavy (non-hydrogen) atoms. The highest BCUT2D eigenvalue weighted by atomic mass is 32.2. The second kappa shape index (κ2) is 8.65. The van der Waals surface area contributed by atoms with Crippen LogP contribution in [0.25, 0.3) is 10.4 Å². The lowest BCUT2D eigenvalue weighted by Crippen LogP contribution is -2.34. The molecule has 0 rings (SSSR count). The van der Waals surface area contributed by atoms with E-state index in [1.165, 1.54) is 0 Å². The molecule has 0 atom stereocenters. The van der Waals surface area contributed by atoms with Crippen molar-refractivity contribution >= 4 is 20.0 Å². The number of nitrogens with two attached hydrogens (primary N) is 3. The minimum atomic E-state index is -3.50. The molecule has 0 aromatic carbocycles. The fourth-order valence-electron chi connectivity index (χ4n) is 1.42. The summed E-state index contributed by atoms with van der Waals surface area (Å²) >= 11 is 0. The molecular formula is C10H26N6O4S2. The minimum Gasteiger partial charge on any atom is -0.330 e. The predicted octanol–water partition coefficient (Wildman–Crippen LogP) is -0.129. The lowest BCUT2D eigenvalue weighted by Gasteiger charge is -2.19. The van der Waals surface area contributed by atoms with Gasteiger partial charge in [0.25, 0.3) is 0 Å². The normalized spacial score (nSPS) is 12.9. The van der Waals surface area contributed by atoms with Crippen LogP contribution in [0.15, 0.2) is 5.11 Å². The molecule has 0 amide bonds. The molecule has 6 N–H and O–H groups in total. The van der Waals surface area contributed by atoms with E-state index in [0.717, 1.165) is 0 Å². The molecule has 0 aromatic heterocycles. The van der Waals surface area contributed by atoms with Gasteiger partial charge in [-0.15, -0.1) is 0 Å². The summed E-state index contributed by atoms with van der Waals surface area (Å²) < 4.78 is 42.4. The number of hydrogen-bond acceptors (Lipinski definition) is 6. The molecule has 0 saturated heterocycles. The summed E-state index contributed by atoms with van der Waals surface area (Å²) in [6.45, 7) is 7.32. The van der Waals surface area contributed by atoms with Crippen LogP contribution in [0.5, 0.6) is 0 Å². The van der Waals surface area contributed by atoms with Crippen LogP contribution in [-0.4, -0.2) is 41.4 Å². The molecule has 12 heteroatoms. The molecular weight excluding hydrogens is 332 g/mol. The zero-order valence-corrected chi connectivity index (χ0v) is 15.0. The summed E-state index contributed by atoms with van der Waals surface area (Å²) in [6, 6.07) is 0. The fourth-order valence-corrected chi connectivity index (χ4v) is 3.80. The average molecular weight is 358 g/mol. The first-order chi connectivity index (χ1) is 9.54. The Bertz CT molecular complexity index is 591. The Hall–Kier alpha value is -0.910. The maximum absolute atomic E-state index is 10.7. The van der Waals surface area contributed by atoms with Crippen molar-refractivity contribution in [1.29, 1.82) is 0 Å². The maximum atomic E-state index is 10.7. The van der Waals surface area contributed by atoms with Gasteiger partial charge >= 0.3 is 0 Å². The van der Waals surface area contributed by atoms with Gasteiger partial charge in [0.1, 0.15) is 0 Å². The van der Waals surface area contributed by atoms with Crippen LogP contribution in [0.2, 0.25) is 0 Å². The van der Waals surface area contributed by atoms with E-state index in [2.05, 4.69) is 10.0 Å². The van der Waals surface area contributed by atoms with Crippen LogP contribution in [-0.2, 0) is 20.0 Å². The molecule has 0 aliphatic carbocycles. The van der Waals surface area contributed by atoms with Crippen molar-refractivity contribution in [3.05, 3.63) is 10.4 Å². The number of sulfonamides is 2. The number of primary sulfonamides is 2. The summed E-state index contributed by atoms with van der Waals surface area (Å²) in [4.78, 5) is 2.54. The van der Waals surface area contributed by atoms with E-state index in [1.54, 1.807) is 27.7 Å². The summed E-state index contributed by atoms with van der Waals surface area (Å²) in [5, 5.41) is 12.9. The van der Waals surface area contributed by atoms with Gasteiger partial charge in [-0.1, -0.05) is 32.8 Å². The molecule has 10 nitrogen and oxygen atoms in total. The third-order valence-electron chi connectivity index (χ3n) is 2.30. The number of azide groups is 1. The molecule has 0 spiro atoms. The van der Waals surface area contributed by atoms with Gasteiger partial charge in [0.2, 0.25) is 20.0 Å². The zero-order chi connectivity index (χ0) is 18.2. The second-order valence-corrected chi connectivity index (χ2v) is 9.76. The molecule has 0 bridgehead atoms. The maximum Gasteiger partial charge on any atom is 0.209 e. The summed E-state index contributed by atoms with van der Waals surface area (Å²) in [7, 11) is -6.87. The fraction of sp³-hybridized carbons (Fsp3) is 1.00. The van der Waals surface area contributed by atoms with E-state index in [1.807, 2.05) is 0 Å². The van der Waals surface area contributed by atoms with Gasteiger partial charge in [0, 0.05) is 11.5 Å². The Kier molecular flexibility index (Phi) is 9.19. The third kappa shape index (κ3) is 17.1. The first-order valence-electron chi connectivity index (χ1n) is 6.25.